The Morgan fingerprint density at radius 1 is 1.36 bits per heavy atom. The van der Waals surface area contributed by atoms with Crippen molar-refractivity contribution in [1.82, 2.24) is 24.4 Å². The number of likely N-dealkylation sites (tertiary alicyclic amines) is 1. The zero-order chi connectivity index (χ0) is 23.9. The molecule has 1 aliphatic heterocycles. The molecule has 1 fully saturated rings. The molecule has 178 valence electrons. The maximum atomic E-state index is 13.4. The van der Waals surface area contributed by atoms with E-state index >= 15 is 0 Å². The second-order valence-corrected chi connectivity index (χ2v) is 10.8. The van der Waals surface area contributed by atoms with Crippen molar-refractivity contribution in [3.8, 4) is 0 Å². The van der Waals surface area contributed by atoms with Gasteiger partial charge < -0.3 is 10.1 Å². The second-order valence-electron chi connectivity index (χ2n) is 9.86. The molecule has 1 aliphatic rings. The molecule has 2 unspecified atom stereocenters. The van der Waals surface area contributed by atoms with Gasteiger partial charge in [-0.15, -0.1) is 11.3 Å². The number of aromatic nitrogens is 3. The van der Waals surface area contributed by atoms with Gasteiger partial charge >= 0.3 is 0 Å². The van der Waals surface area contributed by atoms with Crippen molar-refractivity contribution in [3.05, 3.63) is 33.7 Å². The lowest BCUT2D eigenvalue weighted by atomic mass is 9.98. The quantitative estimate of drug-likeness (QED) is 0.553. The van der Waals surface area contributed by atoms with E-state index in [1.54, 1.807) is 6.07 Å². The Balaban J connectivity index is 1.71. The Morgan fingerprint density at radius 2 is 2.12 bits per heavy atom. The lowest BCUT2D eigenvalue weighted by Gasteiger charge is -2.41. The Morgan fingerprint density at radius 3 is 2.79 bits per heavy atom. The molecule has 3 aromatic heterocycles. The predicted octanol–water partition coefficient (Wildman–Crippen LogP) is 2.88. The Hall–Kier alpha value is -2.72. The molecule has 1 amide bonds. The zero-order valence-corrected chi connectivity index (χ0v) is 20.5. The number of amides is 1. The van der Waals surface area contributed by atoms with Gasteiger partial charge in [-0.3, -0.25) is 23.7 Å². The van der Waals surface area contributed by atoms with Crippen molar-refractivity contribution in [2.45, 2.75) is 71.2 Å². The summed E-state index contributed by atoms with van der Waals surface area (Å²) >= 11 is 1.52. The fraction of sp³-hybridized carbons (Fsp3) is 0.565. The molecule has 0 radical (unpaired) electrons. The first-order valence-corrected chi connectivity index (χ1v) is 12.2. The topological polar surface area (TPSA) is 97.9 Å². The molecule has 0 aliphatic carbocycles. The standard InChI is InChI=1S/C23H31N5O4S/c1-14(2)18-25-28(20(31)17-11-15-8-10-33-22(15)27(17)18)21(32-13-29)19(30)24-16-7-6-9-26(12-16)23(3,4)5/h8,10-11,13-14,16,21H,6-7,9,12H2,1-5H3,(H,24,30). The van der Waals surface area contributed by atoms with E-state index in [0.29, 0.717) is 17.9 Å². The fourth-order valence-electron chi connectivity index (χ4n) is 4.42. The van der Waals surface area contributed by atoms with E-state index in [1.807, 2.05) is 29.7 Å². The van der Waals surface area contributed by atoms with Gasteiger partial charge in [-0.2, -0.15) is 9.78 Å². The first-order valence-electron chi connectivity index (χ1n) is 11.3. The van der Waals surface area contributed by atoms with Crippen LogP contribution in [0.15, 0.2) is 22.3 Å². The number of hydrogen-bond donors (Lipinski definition) is 1. The van der Waals surface area contributed by atoms with Crippen LogP contribution in [0.3, 0.4) is 0 Å². The van der Waals surface area contributed by atoms with Gasteiger partial charge in [0, 0.05) is 29.4 Å². The SMILES string of the molecule is CC(C)c1nn(C(OC=O)C(=O)NC2CCCN(C(C)(C)C)C2)c(=O)c2cc3ccsc3n12. The van der Waals surface area contributed by atoms with Crippen LogP contribution in [0, 0.1) is 0 Å². The monoisotopic (exact) mass is 473 g/mol. The highest BCUT2D eigenvalue weighted by Gasteiger charge is 2.33. The van der Waals surface area contributed by atoms with Crippen LogP contribution in [0.4, 0.5) is 0 Å². The van der Waals surface area contributed by atoms with Crippen LogP contribution in [-0.4, -0.2) is 56.1 Å². The van der Waals surface area contributed by atoms with Gasteiger partial charge in [-0.25, -0.2) is 0 Å². The molecular weight excluding hydrogens is 442 g/mol. The van der Waals surface area contributed by atoms with E-state index in [4.69, 9.17) is 4.74 Å². The number of fused-ring (bicyclic) bond motifs is 3. The number of hydrogen-bond acceptors (Lipinski definition) is 7. The molecule has 33 heavy (non-hydrogen) atoms. The molecule has 1 N–H and O–H groups in total. The second kappa shape index (κ2) is 8.90. The van der Waals surface area contributed by atoms with Crippen LogP contribution in [0.1, 0.15) is 65.4 Å². The number of carbonyl (C=O) groups excluding carboxylic acids is 2. The van der Waals surface area contributed by atoms with Crippen molar-refractivity contribution in [1.29, 1.82) is 0 Å². The lowest BCUT2D eigenvalue weighted by Crippen LogP contribution is -2.55. The largest absolute Gasteiger partial charge is 0.432 e. The summed E-state index contributed by atoms with van der Waals surface area (Å²) in [5.41, 5.74) is -0.0937. The first kappa shape index (κ1) is 23.4. The highest BCUT2D eigenvalue weighted by molar-refractivity contribution is 7.16. The van der Waals surface area contributed by atoms with Crippen LogP contribution >= 0.6 is 11.3 Å². The molecule has 4 heterocycles. The Labute approximate surface area is 196 Å². The van der Waals surface area contributed by atoms with Crippen LogP contribution in [0.25, 0.3) is 15.7 Å². The molecule has 2 atom stereocenters. The number of rotatable bonds is 6. The average molecular weight is 474 g/mol. The van der Waals surface area contributed by atoms with E-state index in [9.17, 15) is 14.4 Å². The summed E-state index contributed by atoms with van der Waals surface area (Å²) in [5.74, 6) is 0.0338. The molecule has 0 spiro atoms. The normalized spacial score (nSPS) is 18.7. The minimum atomic E-state index is -1.48. The van der Waals surface area contributed by atoms with Gasteiger partial charge in [0.1, 0.15) is 16.2 Å². The third kappa shape index (κ3) is 4.41. The maximum Gasteiger partial charge on any atom is 0.295 e. The summed E-state index contributed by atoms with van der Waals surface area (Å²) in [6, 6.07) is 3.62. The maximum absolute atomic E-state index is 13.4. The Kier molecular flexibility index (Phi) is 6.32. The van der Waals surface area contributed by atoms with Gasteiger partial charge in [-0.05, 0) is 57.7 Å². The smallest absolute Gasteiger partial charge is 0.295 e. The molecule has 3 aromatic rings. The molecule has 1 saturated heterocycles. The van der Waals surface area contributed by atoms with Crippen LogP contribution < -0.4 is 10.9 Å². The van der Waals surface area contributed by atoms with Crippen molar-refractivity contribution in [2.75, 3.05) is 13.1 Å². The number of nitrogens with zero attached hydrogens (tertiary/aromatic N) is 4. The number of nitrogens with one attached hydrogen (secondary N) is 1. The van der Waals surface area contributed by atoms with Crippen molar-refractivity contribution >= 4 is 39.4 Å². The summed E-state index contributed by atoms with van der Waals surface area (Å²) in [6.07, 6.45) is 0.291. The minimum absolute atomic E-state index is 0.0142. The zero-order valence-electron chi connectivity index (χ0n) is 19.7. The van der Waals surface area contributed by atoms with Gasteiger partial charge in [0.15, 0.2) is 0 Å². The third-order valence-corrected chi connectivity index (χ3v) is 7.05. The number of carbonyl (C=O) groups is 2. The van der Waals surface area contributed by atoms with E-state index < -0.39 is 17.7 Å². The van der Waals surface area contributed by atoms with Crippen LogP contribution in [-0.2, 0) is 14.3 Å². The number of ether oxygens (including phenoxy) is 1. The van der Waals surface area contributed by atoms with Gasteiger partial charge in [0.05, 0.1) is 0 Å². The number of thiophene rings is 1. The predicted molar refractivity (Wildman–Crippen MR) is 128 cm³/mol. The van der Waals surface area contributed by atoms with Crippen molar-refractivity contribution in [3.63, 3.8) is 0 Å². The van der Waals surface area contributed by atoms with Crippen LogP contribution in [0.5, 0.6) is 0 Å². The van der Waals surface area contributed by atoms with Gasteiger partial charge in [0.25, 0.3) is 24.2 Å². The molecule has 9 nitrogen and oxygen atoms in total. The molecule has 0 saturated carbocycles. The molecule has 0 bridgehead atoms. The van der Waals surface area contributed by atoms with E-state index in [2.05, 4.69) is 36.1 Å². The molecule has 4 rings (SSSR count). The van der Waals surface area contributed by atoms with Crippen molar-refractivity contribution in [2.24, 2.45) is 0 Å². The fourth-order valence-corrected chi connectivity index (χ4v) is 5.32. The highest BCUT2D eigenvalue weighted by atomic mass is 32.1. The molecule has 10 heteroatoms. The summed E-state index contributed by atoms with van der Waals surface area (Å²) in [7, 11) is 0. The first-order chi connectivity index (χ1) is 15.6. The average Bonchev–Trinajstić information content (AvgIpc) is 3.34. The van der Waals surface area contributed by atoms with E-state index in [0.717, 1.165) is 34.3 Å². The van der Waals surface area contributed by atoms with Crippen molar-refractivity contribution < 1.29 is 14.3 Å². The summed E-state index contributed by atoms with van der Waals surface area (Å²) in [5, 5.41) is 10.4. The highest BCUT2D eigenvalue weighted by Crippen LogP contribution is 2.27. The van der Waals surface area contributed by atoms with E-state index in [1.165, 1.54) is 11.3 Å². The van der Waals surface area contributed by atoms with Gasteiger partial charge in [-0.1, -0.05) is 13.8 Å². The molecular formula is C23H31N5O4S. The lowest BCUT2D eigenvalue weighted by molar-refractivity contribution is -0.153. The number of piperidine rings is 1. The minimum Gasteiger partial charge on any atom is -0.432 e. The third-order valence-electron chi connectivity index (χ3n) is 6.14. The summed E-state index contributed by atoms with van der Waals surface area (Å²) < 4.78 is 7.97. The summed E-state index contributed by atoms with van der Waals surface area (Å²) in [4.78, 5) is 41.1. The molecule has 0 aromatic carbocycles. The van der Waals surface area contributed by atoms with E-state index in [-0.39, 0.29) is 24.0 Å². The van der Waals surface area contributed by atoms with Crippen LogP contribution in [0.2, 0.25) is 0 Å². The van der Waals surface area contributed by atoms with Gasteiger partial charge in [0.2, 0.25) is 0 Å². The Bertz CT molecular complexity index is 1240. The summed E-state index contributed by atoms with van der Waals surface area (Å²) in [6.45, 7) is 12.2.